The number of amides is 3. The summed E-state index contributed by atoms with van der Waals surface area (Å²) < 4.78 is 0. The van der Waals surface area contributed by atoms with Crippen molar-refractivity contribution in [3.8, 4) is 0 Å². The molecule has 1 rings (SSSR count). The minimum atomic E-state index is -1.31. The van der Waals surface area contributed by atoms with Gasteiger partial charge in [-0.3, -0.25) is 14.4 Å². The first kappa shape index (κ1) is 22.5. The van der Waals surface area contributed by atoms with Gasteiger partial charge in [-0.2, -0.15) is 12.6 Å². The normalized spacial score (nSPS) is 13.9. The predicted molar refractivity (Wildman–Crippen MR) is 102 cm³/mol. The van der Waals surface area contributed by atoms with Crippen molar-refractivity contribution in [1.29, 1.82) is 0 Å². The Balaban J connectivity index is 2.64. The van der Waals surface area contributed by atoms with E-state index in [9.17, 15) is 19.2 Å². The van der Waals surface area contributed by atoms with Crippen molar-refractivity contribution >= 4 is 36.3 Å². The van der Waals surface area contributed by atoms with Crippen molar-refractivity contribution in [1.82, 2.24) is 10.6 Å². The van der Waals surface area contributed by atoms with E-state index in [4.69, 9.17) is 16.6 Å². The van der Waals surface area contributed by atoms with Crippen molar-refractivity contribution < 1.29 is 24.3 Å². The van der Waals surface area contributed by atoms with Gasteiger partial charge in [-0.05, 0) is 18.4 Å². The van der Waals surface area contributed by atoms with Crippen LogP contribution in [0.1, 0.15) is 18.4 Å². The number of hydrogen-bond donors (Lipinski definition) is 6. The minimum absolute atomic E-state index is 0.0577. The van der Waals surface area contributed by atoms with Gasteiger partial charge in [0.05, 0.1) is 6.04 Å². The molecule has 148 valence electrons. The molecule has 3 amide bonds. The minimum Gasteiger partial charge on any atom is -0.480 e. The van der Waals surface area contributed by atoms with Crippen molar-refractivity contribution in [2.45, 2.75) is 37.4 Å². The largest absolute Gasteiger partial charge is 0.480 e. The third-order valence-corrected chi connectivity index (χ3v) is 4.11. The second-order valence-electron chi connectivity index (χ2n) is 5.94. The molecule has 3 unspecified atom stereocenters. The molecular formula is C17H24N4O5S. The molecule has 0 radical (unpaired) electrons. The molecule has 0 aromatic heterocycles. The lowest BCUT2D eigenvalue weighted by Crippen LogP contribution is -2.55. The van der Waals surface area contributed by atoms with Crippen molar-refractivity contribution in [3.05, 3.63) is 35.9 Å². The maximum absolute atomic E-state index is 12.3. The lowest BCUT2D eigenvalue weighted by molar-refractivity contribution is -0.142. The number of carboxylic acids is 1. The van der Waals surface area contributed by atoms with E-state index in [-0.39, 0.29) is 25.0 Å². The molecule has 0 aliphatic rings. The molecule has 0 spiro atoms. The van der Waals surface area contributed by atoms with Gasteiger partial charge in [0.1, 0.15) is 12.1 Å². The number of thiol groups is 1. The predicted octanol–water partition coefficient (Wildman–Crippen LogP) is -1.19. The van der Waals surface area contributed by atoms with Crippen LogP contribution in [0.3, 0.4) is 0 Å². The topological polar surface area (TPSA) is 165 Å². The molecule has 1 aromatic carbocycles. The van der Waals surface area contributed by atoms with E-state index < -0.39 is 41.8 Å². The van der Waals surface area contributed by atoms with Crippen LogP contribution in [0, 0.1) is 0 Å². The molecular weight excluding hydrogens is 372 g/mol. The van der Waals surface area contributed by atoms with Gasteiger partial charge in [-0.1, -0.05) is 30.3 Å². The van der Waals surface area contributed by atoms with Gasteiger partial charge in [-0.25, -0.2) is 4.79 Å². The zero-order valence-electron chi connectivity index (χ0n) is 14.6. The summed E-state index contributed by atoms with van der Waals surface area (Å²) in [7, 11) is 0. The van der Waals surface area contributed by atoms with Crippen LogP contribution < -0.4 is 22.1 Å². The molecule has 27 heavy (non-hydrogen) atoms. The van der Waals surface area contributed by atoms with E-state index >= 15 is 0 Å². The van der Waals surface area contributed by atoms with E-state index in [0.29, 0.717) is 0 Å². The second kappa shape index (κ2) is 11.2. The van der Waals surface area contributed by atoms with Gasteiger partial charge < -0.3 is 27.2 Å². The summed E-state index contributed by atoms with van der Waals surface area (Å²) in [6.07, 6.45) is -0.0712. The fourth-order valence-electron chi connectivity index (χ4n) is 2.25. The van der Waals surface area contributed by atoms with Gasteiger partial charge in [0, 0.05) is 12.2 Å². The third kappa shape index (κ3) is 8.09. The fraction of sp³-hybridized carbons (Fsp3) is 0.412. The molecule has 0 saturated heterocycles. The first-order valence-corrected chi connectivity index (χ1v) is 8.90. The molecule has 7 N–H and O–H groups in total. The number of carbonyl (C=O) groups is 4. The van der Waals surface area contributed by atoms with Crippen LogP contribution in [0.4, 0.5) is 0 Å². The zero-order chi connectivity index (χ0) is 20.4. The maximum atomic E-state index is 12.3. The summed E-state index contributed by atoms with van der Waals surface area (Å²) >= 11 is 4.02. The summed E-state index contributed by atoms with van der Waals surface area (Å²) in [5, 5.41) is 13.9. The number of nitrogens with one attached hydrogen (secondary N) is 2. The Bertz CT molecular complexity index is 671. The first-order chi connectivity index (χ1) is 12.7. The monoisotopic (exact) mass is 396 g/mol. The molecule has 0 aliphatic heterocycles. The average Bonchev–Trinajstić information content (AvgIpc) is 2.62. The van der Waals surface area contributed by atoms with Gasteiger partial charge in [0.15, 0.2) is 0 Å². The molecule has 3 atom stereocenters. The lowest BCUT2D eigenvalue weighted by Gasteiger charge is -2.21. The van der Waals surface area contributed by atoms with Crippen LogP contribution in [0.25, 0.3) is 0 Å². The quantitative estimate of drug-likeness (QED) is 0.257. The maximum Gasteiger partial charge on any atom is 0.326 e. The van der Waals surface area contributed by atoms with E-state index in [1.54, 1.807) is 0 Å². The van der Waals surface area contributed by atoms with Crippen LogP contribution in [0.15, 0.2) is 30.3 Å². The Labute approximate surface area is 162 Å². The van der Waals surface area contributed by atoms with Crippen molar-refractivity contribution in [3.63, 3.8) is 0 Å². The summed E-state index contributed by atoms with van der Waals surface area (Å²) in [5.41, 5.74) is 11.7. The molecule has 10 heteroatoms. The Hall–Kier alpha value is -2.59. The molecule has 9 nitrogen and oxygen atoms in total. The molecule has 0 heterocycles. The van der Waals surface area contributed by atoms with Gasteiger partial charge in [-0.15, -0.1) is 0 Å². The van der Waals surface area contributed by atoms with Crippen LogP contribution >= 0.6 is 12.6 Å². The Morgan fingerprint density at radius 3 is 2.15 bits per heavy atom. The van der Waals surface area contributed by atoms with Crippen molar-refractivity contribution in [2.24, 2.45) is 11.5 Å². The molecule has 0 fully saturated rings. The number of primary amides is 1. The number of hydrogen-bond acceptors (Lipinski definition) is 6. The van der Waals surface area contributed by atoms with E-state index in [1.807, 2.05) is 30.3 Å². The third-order valence-electron chi connectivity index (χ3n) is 3.74. The van der Waals surface area contributed by atoms with Crippen LogP contribution in [0.2, 0.25) is 0 Å². The zero-order valence-corrected chi connectivity index (χ0v) is 15.5. The van der Waals surface area contributed by atoms with E-state index in [1.165, 1.54) is 0 Å². The van der Waals surface area contributed by atoms with Crippen LogP contribution in [0.5, 0.6) is 0 Å². The highest BCUT2D eigenvalue weighted by atomic mass is 32.1. The van der Waals surface area contributed by atoms with Crippen molar-refractivity contribution in [2.75, 3.05) is 5.75 Å². The van der Waals surface area contributed by atoms with E-state index in [0.717, 1.165) is 5.56 Å². The SMILES string of the molecule is NC(=O)CCC(NC(=O)C(CS)NC(=O)C(N)Cc1ccccc1)C(=O)O. The van der Waals surface area contributed by atoms with Gasteiger partial charge in [0.25, 0.3) is 0 Å². The number of nitrogens with two attached hydrogens (primary N) is 2. The number of aliphatic carboxylic acids is 1. The van der Waals surface area contributed by atoms with E-state index in [2.05, 4.69) is 23.3 Å². The molecule has 0 bridgehead atoms. The first-order valence-electron chi connectivity index (χ1n) is 8.26. The highest BCUT2D eigenvalue weighted by molar-refractivity contribution is 7.80. The van der Waals surface area contributed by atoms with Gasteiger partial charge >= 0.3 is 5.97 Å². The summed E-state index contributed by atoms with van der Waals surface area (Å²) in [6, 6.07) is 5.88. The fourth-order valence-corrected chi connectivity index (χ4v) is 2.51. The smallest absolute Gasteiger partial charge is 0.326 e. The van der Waals surface area contributed by atoms with Crippen LogP contribution in [-0.2, 0) is 25.6 Å². The summed E-state index contributed by atoms with van der Waals surface area (Å²) in [4.78, 5) is 46.5. The highest BCUT2D eigenvalue weighted by Gasteiger charge is 2.27. The van der Waals surface area contributed by atoms with Crippen LogP contribution in [-0.4, -0.2) is 52.7 Å². The average molecular weight is 396 g/mol. The number of carbonyl (C=O) groups excluding carboxylic acids is 3. The number of carboxylic acid groups (broad SMARTS) is 1. The second-order valence-corrected chi connectivity index (χ2v) is 6.31. The van der Waals surface area contributed by atoms with Gasteiger partial charge in [0.2, 0.25) is 17.7 Å². The molecule has 1 aromatic rings. The summed E-state index contributed by atoms with van der Waals surface area (Å²) in [5.74, 6) is -3.34. The number of benzene rings is 1. The summed E-state index contributed by atoms with van der Waals surface area (Å²) in [6.45, 7) is 0. The highest BCUT2D eigenvalue weighted by Crippen LogP contribution is 2.03. The Morgan fingerprint density at radius 2 is 1.63 bits per heavy atom. The molecule has 0 saturated carbocycles. The Morgan fingerprint density at radius 1 is 1.04 bits per heavy atom. The number of rotatable bonds is 11. The Kier molecular flexibility index (Phi) is 9.31. The lowest BCUT2D eigenvalue weighted by atomic mass is 10.1. The molecule has 0 aliphatic carbocycles. The standard InChI is InChI=1S/C17H24N4O5S/c18-11(8-10-4-2-1-3-5-10)15(23)21-13(9-27)16(24)20-12(17(25)26)6-7-14(19)22/h1-5,11-13,27H,6-9,18H2,(H2,19,22)(H,20,24)(H,21,23)(H,25,26).